The average molecular weight is 464 g/mol. The van der Waals surface area contributed by atoms with Gasteiger partial charge in [-0.15, -0.1) is 0 Å². The summed E-state index contributed by atoms with van der Waals surface area (Å²) in [5, 5.41) is 11.6. The molecule has 160 valence electrons. The average Bonchev–Trinajstić information content (AvgIpc) is 3.22. The van der Waals surface area contributed by atoms with Crippen LogP contribution in [-0.4, -0.2) is 16.1 Å². The van der Waals surface area contributed by atoms with Crippen molar-refractivity contribution in [3.8, 4) is 11.3 Å². The maximum atomic E-state index is 12.2. The number of allylic oxidation sites excluding steroid dienone is 1. The van der Waals surface area contributed by atoms with Crippen LogP contribution >= 0.6 is 23.2 Å². The Hall–Kier alpha value is -3.08. The number of carboxylic acid groups (broad SMARTS) is 1. The second-order valence-electron chi connectivity index (χ2n) is 8.12. The summed E-state index contributed by atoms with van der Waals surface area (Å²) in [4.78, 5) is 17.0. The van der Waals surface area contributed by atoms with Gasteiger partial charge in [0, 0.05) is 10.9 Å². The molecule has 1 aliphatic rings. The second kappa shape index (κ2) is 8.12. The molecule has 2 aromatic heterocycles. The Bertz CT molecular complexity index is 1400. The van der Waals surface area contributed by atoms with Gasteiger partial charge >= 0.3 is 5.97 Å². The van der Waals surface area contributed by atoms with Crippen LogP contribution in [0.25, 0.3) is 33.9 Å². The summed E-state index contributed by atoms with van der Waals surface area (Å²) in [6.07, 6.45) is 3.41. The fourth-order valence-corrected chi connectivity index (χ4v) is 4.81. The molecule has 0 aliphatic heterocycles. The number of para-hydroxylation sites is 1. The van der Waals surface area contributed by atoms with Crippen molar-refractivity contribution in [3.05, 3.63) is 87.2 Å². The van der Waals surface area contributed by atoms with Crippen molar-refractivity contribution in [1.82, 2.24) is 4.98 Å². The molecular weight excluding hydrogens is 445 g/mol. The van der Waals surface area contributed by atoms with Crippen molar-refractivity contribution in [2.75, 3.05) is 0 Å². The van der Waals surface area contributed by atoms with Crippen LogP contribution in [0.1, 0.15) is 40.7 Å². The zero-order valence-corrected chi connectivity index (χ0v) is 18.7. The molecule has 1 atom stereocenters. The van der Waals surface area contributed by atoms with Gasteiger partial charge in [-0.05, 0) is 66.3 Å². The highest BCUT2D eigenvalue weighted by Crippen LogP contribution is 2.39. The van der Waals surface area contributed by atoms with Crippen molar-refractivity contribution >= 4 is 51.7 Å². The molecule has 0 fully saturated rings. The quantitative estimate of drug-likeness (QED) is 0.339. The van der Waals surface area contributed by atoms with Crippen molar-refractivity contribution in [3.63, 3.8) is 0 Å². The molecule has 0 saturated carbocycles. The van der Waals surface area contributed by atoms with E-state index in [1.54, 1.807) is 6.07 Å². The number of carboxylic acids is 1. The Balaban J connectivity index is 1.64. The number of nitrogens with zero attached hydrogens (tertiary/aromatic N) is 1. The number of carbonyl (C=O) groups is 1. The van der Waals surface area contributed by atoms with Gasteiger partial charge in [0.05, 0.1) is 26.8 Å². The molecule has 0 radical (unpaired) electrons. The van der Waals surface area contributed by atoms with E-state index < -0.39 is 5.97 Å². The Morgan fingerprint density at radius 1 is 1.09 bits per heavy atom. The summed E-state index contributed by atoms with van der Waals surface area (Å²) in [6.45, 7) is 2.12. The summed E-state index contributed by atoms with van der Waals surface area (Å²) in [6, 6.07) is 16.5. The molecule has 2 heterocycles. The largest absolute Gasteiger partial charge is 0.478 e. The number of benzene rings is 2. The van der Waals surface area contributed by atoms with Gasteiger partial charge in [0.2, 0.25) is 0 Å². The lowest BCUT2D eigenvalue weighted by Gasteiger charge is -2.25. The Morgan fingerprint density at radius 2 is 1.91 bits per heavy atom. The van der Waals surface area contributed by atoms with Crippen LogP contribution < -0.4 is 0 Å². The van der Waals surface area contributed by atoms with Crippen molar-refractivity contribution in [2.45, 2.75) is 19.8 Å². The molecule has 5 rings (SSSR count). The highest BCUT2D eigenvalue weighted by atomic mass is 35.5. The maximum Gasteiger partial charge on any atom is 0.336 e. The minimum absolute atomic E-state index is 0.284. The number of aromatic nitrogens is 1. The van der Waals surface area contributed by atoms with E-state index in [0.717, 1.165) is 28.8 Å². The number of aromatic carboxylic acids is 1. The first-order valence-electron chi connectivity index (χ1n) is 10.3. The monoisotopic (exact) mass is 463 g/mol. The molecule has 0 amide bonds. The number of pyridine rings is 1. The SMILES string of the molecule is CC1CC(=Cc2ccc(-c3cccc(Cl)c3Cl)o2)c2nc3ccccc3c(C(=O)O)c2C1. The van der Waals surface area contributed by atoms with E-state index >= 15 is 0 Å². The molecule has 2 aromatic carbocycles. The molecular formula is C26H19Cl2NO3. The van der Waals surface area contributed by atoms with Gasteiger partial charge in [-0.3, -0.25) is 0 Å². The highest BCUT2D eigenvalue weighted by Gasteiger charge is 2.28. The Labute approximate surface area is 195 Å². The van der Waals surface area contributed by atoms with Crippen molar-refractivity contribution < 1.29 is 14.3 Å². The van der Waals surface area contributed by atoms with Gasteiger partial charge in [-0.1, -0.05) is 54.4 Å². The van der Waals surface area contributed by atoms with Gasteiger partial charge in [0.15, 0.2) is 0 Å². The lowest BCUT2D eigenvalue weighted by Crippen LogP contribution is -2.17. The lowest BCUT2D eigenvalue weighted by molar-refractivity contribution is 0.0697. The zero-order valence-electron chi connectivity index (χ0n) is 17.2. The van der Waals surface area contributed by atoms with E-state index in [0.29, 0.717) is 44.5 Å². The van der Waals surface area contributed by atoms with Gasteiger partial charge in [0.25, 0.3) is 0 Å². The second-order valence-corrected chi connectivity index (χ2v) is 8.91. The van der Waals surface area contributed by atoms with Crippen LogP contribution in [0.5, 0.6) is 0 Å². The number of hydrogen-bond donors (Lipinski definition) is 1. The van der Waals surface area contributed by atoms with Crippen LogP contribution in [0.4, 0.5) is 0 Å². The van der Waals surface area contributed by atoms with Crippen LogP contribution in [0.15, 0.2) is 59.0 Å². The highest BCUT2D eigenvalue weighted by molar-refractivity contribution is 6.43. The predicted molar refractivity (Wildman–Crippen MR) is 128 cm³/mol. The van der Waals surface area contributed by atoms with Crippen LogP contribution in [0.3, 0.4) is 0 Å². The van der Waals surface area contributed by atoms with Crippen LogP contribution in [0, 0.1) is 5.92 Å². The predicted octanol–water partition coefficient (Wildman–Crippen LogP) is 7.62. The lowest BCUT2D eigenvalue weighted by atomic mass is 9.81. The third-order valence-electron chi connectivity index (χ3n) is 5.79. The molecule has 0 spiro atoms. The van der Waals surface area contributed by atoms with E-state index in [1.807, 2.05) is 54.6 Å². The Kier molecular flexibility index (Phi) is 5.28. The summed E-state index contributed by atoms with van der Waals surface area (Å²) in [5.74, 6) is 0.625. The minimum Gasteiger partial charge on any atom is -0.478 e. The number of hydrogen-bond acceptors (Lipinski definition) is 3. The molecule has 6 heteroatoms. The summed E-state index contributed by atoms with van der Waals surface area (Å²) in [7, 11) is 0. The molecule has 1 N–H and O–H groups in total. The van der Waals surface area contributed by atoms with Gasteiger partial charge in [-0.2, -0.15) is 0 Å². The number of fused-ring (bicyclic) bond motifs is 2. The van der Waals surface area contributed by atoms with Crippen molar-refractivity contribution in [2.24, 2.45) is 5.92 Å². The molecule has 32 heavy (non-hydrogen) atoms. The molecule has 4 nitrogen and oxygen atoms in total. The van der Waals surface area contributed by atoms with Gasteiger partial charge in [0.1, 0.15) is 11.5 Å². The van der Waals surface area contributed by atoms with Gasteiger partial charge in [-0.25, -0.2) is 9.78 Å². The van der Waals surface area contributed by atoms with Crippen LogP contribution in [-0.2, 0) is 6.42 Å². The normalized spacial score (nSPS) is 17.0. The summed E-state index contributed by atoms with van der Waals surface area (Å²) < 4.78 is 6.06. The number of furan rings is 1. The summed E-state index contributed by atoms with van der Waals surface area (Å²) >= 11 is 12.5. The fraction of sp³-hybridized carbons (Fsp3) is 0.154. The molecule has 4 aromatic rings. The summed E-state index contributed by atoms with van der Waals surface area (Å²) in [5.41, 5.74) is 4.22. The van der Waals surface area contributed by atoms with E-state index in [4.69, 9.17) is 32.6 Å². The Morgan fingerprint density at radius 3 is 2.72 bits per heavy atom. The maximum absolute atomic E-state index is 12.2. The topological polar surface area (TPSA) is 63.3 Å². The molecule has 1 unspecified atom stereocenters. The van der Waals surface area contributed by atoms with Gasteiger partial charge < -0.3 is 9.52 Å². The molecule has 1 aliphatic carbocycles. The first-order chi connectivity index (χ1) is 15.4. The minimum atomic E-state index is -0.927. The third kappa shape index (κ3) is 3.60. The first-order valence-corrected chi connectivity index (χ1v) is 11.1. The molecule has 0 bridgehead atoms. The first kappa shape index (κ1) is 20.8. The van der Waals surface area contributed by atoms with E-state index in [1.165, 1.54) is 0 Å². The van der Waals surface area contributed by atoms with E-state index in [9.17, 15) is 9.90 Å². The standard InChI is InChI=1S/C26H19Cl2NO3/c1-14-11-15(13-16-9-10-22(32-16)18-6-4-7-20(27)24(18)28)25-19(12-14)23(26(30)31)17-5-2-3-8-21(17)29-25/h2-10,13-14H,11-12H2,1H3,(H,30,31). The fourth-order valence-electron chi connectivity index (χ4n) is 4.42. The van der Waals surface area contributed by atoms with Crippen LogP contribution in [0.2, 0.25) is 10.0 Å². The number of halogens is 2. The van der Waals surface area contributed by atoms with E-state index in [-0.39, 0.29) is 5.92 Å². The molecule has 0 saturated heterocycles. The van der Waals surface area contributed by atoms with E-state index in [2.05, 4.69) is 6.92 Å². The number of rotatable bonds is 3. The van der Waals surface area contributed by atoms with Crippen molar-refractivity contribution in [1.29, 1.82) is 0 Å². The zero-order chi connectivity index (χ0) is 22.4. The smallest absolute Gasteiger partial charge is 0.336 e. The third-order valence-corrected chi connectivity index (χ3v) is 6.61.